The molecule has 0 saturated heterocycles. The van der Waals surface area contributed by atoms with Gasteiger partial charge >= 0.3 is 0 Å². The van der Waals surface area contributed by atoms with Crippen LogP contribution in [0.1, 0.15) is 37.7 Å². The summed E-state index contributed by atoms with van der Waals surface area (Å²) in [5.74, 6) is 1.39. The van der Waals surface area contributed by atoms with Crippen LogP contribution in [0.3, 0.4) is 0 Å². The Bertz CT molecular complexity index is 390. The van der Waals surface area contributed by atoms with Gasteiger partial charge in [-0.2, -0.15) is 0 Å². The van der Waals surface area contributed by atoms with Crippen LogP contribution < -0.4 is 10.2 Å². The molecule has 0 aromatic carbocycles. The van der Waals surface area contributed by atoms with Gasteiger partial charge in [0.15, 0.2) is 0 Å². The molecule has 0 saturated carbocycles. The summed E-state index contributed by atoms with van der Waals surface area (Å²) in [7, 11) is 3.95. The van der Waals surface area contributed by atoms with Crippen molar-refractivity contribution in [1.82, 2.24) is 15.3 Å². The molecule has 0 fully saturated rings. The van der Waals surface area contributed by atoms with Crippen molar-refractivity contribution in [2.75, 3.05) is 25.5 Å². The lowest BCUT2D eigenvalue weighted by Crippen LogP contribution is -2.29. The molecule has 0 aliphatic carbocycles. The zero-order valence-electron chi connectivity index (χ0n) is 13.4. The van der Waals surface area contributed by atoms with Gasteiger partial charge in [0.2, 0.25) is 5.95 Å². The topological polar surface area (TPSA) is 41.1 Å². The summed E-state index contributed by atoms with van der Waals surface area (Å²) in [6.07, 6.45) is 1.03. The third-order valence-corrected chi connectivity index (χ3v) is 3.24. The number of rotatable bonds is 6. The number of anilines is 1. The maximum atomic E-state index is 4.58. The zero-order chi connectivity index (χ0) is 14.6. The number of nitrogens with zero attached hydrogens (tertiary/aromatic N) is 3. The Labute approximate surface area is 117 Å². The third-order valence-electron chi connectivity index (χ3n) is 3.24. The van der Waals surface area contributed by atoms with Crippen molar-refractivity contribution < 1.29 is 0 Å². The first-order valence-corrected chi connectivity index (χ1v) is 7.06. The van der Waals surface area contributed by atoms with E-state index in [1.54, 1.807) is 0 Å². The first-order valence-electron chi connectivity index (χ1n) is 7.06. The highest BCUT2D eigenvalue weighted by Gasteiger charge is 2.13. The van der Waals surface area contributed by atoms with E-state index in [2.05, 4.69) is 49.9 Å². The lowest BCUT2D eigenvalue weighted by Gasteiger charge is -2.19. The molecule has 4 nitrogen and oxygen atoms in total. The van der Waals surface area contributed by atoms with Crippen LogP contribution >= 0.6 is 0 Å². The normalized spacial score (nSPS) is 12.8. The quantitative estimate of drug-likeness (QED) is 0.856. The van der Waals surface area contributed by atoms with Crippen LogP contribution in [-0.2, 0) is 6.42 Å². The smallest absolute Gasteiger partial charge is 0.225 e. The van der Waals surface area contributed by atoms with Crippen molar-refractivity contribution in [1.29, 1.82) is 0 Å². The average molecular weight is 264 g/mol. The molecule has 1 atom stereocenters. The van der Waals surface area contributed by atoms with Crippen LogP contribution in [0.5, 0.6) is 0 Å². The second kappa shape index (κ2) is 6.85. The molecule has 1 aromatic rings. The van der Waals surface area contributed by atoms with E-state index in [9.17, 15) is 0 Å². The number of hydrogen-bond acceptors (Lipinski definition) is 4. The summed E-state index contributed by atoms with van der Waals surface area (Å²) in [4.78, 5) is 11.1. The Morgan fingerprint density at radius 1 is 1.05 bits per heavy atom. The lowest BCUT2D eigenvalue weighted by atomic mass is 9.98. The molecule has 19 heavy (non-hydrogen) atoms. The molecule has 0 aliphatic heterocycles. The zero-order valence-corrected chi connectivity index (χ0v) is 13.4. The Balaban J connectivity index is 2.78. The predicted octanol–water partition coefficient (Wildman–Crippen LogP) is 2.34. The minimum absolute atomic E-state index is 0.539. The summed E-state index contributed by atoms with van der Waals surface area (Å²) in [5.41, 5.74) is 3.50. The van der Waals surface area contributed by atoms with E-state index >= 15 is 0 Å². The molecule has 1 aromatic heterocycles. The fourth-order valence-corrected chi connectivity index (χ4v) is 2.07. The molecule has 0 spiro atoms. The molecule has 0 amide bonds. The van der Waals surface area contributed by atoms with Gasteiger partial charge in [0, 0.05) is 31.5 Å². The molecule has 1 N–H and O–H groups in total. The fourth-order valence-electron chi connectivity index (χ4n) is 2.07. The largest absolute Gasteiger partial charge is 0.347 e. The van der Waals surface area contributed by atoms with E-state index in [-0.39, 0.29) is 0 Å². The van der Waals surface area contributed by atoms with Crippen LogP contribution in [0.15, 0.2) is 0 Å². The van der Waals surface area contributed by atoms with Crippen LogP contribution in [0.25, 0.3) is 0 Å². The first-order chi connectivity index (χ1) is 8.81. The van der Waals surface area contributed by atoms with Crippen LogP contribution in [0.2, 0.25) is 0 Å². The number of nitrogens with one attached hydrogen (secondary N) is 1. The van der Waals surface area contributed by atoms with Gasteiger partial charge in [0.05, 0.1) is 0 Å². The molecule has 108 valence electrons. The second-order valence-electron chi connectivity index (χ2n) is 5.94. The molecule has 0 bridgehead atoms. The fraction of sp³-hybridized carbons (Fsp3) is 0.733. The van der Waals surface area contributed by atoms with E-state index in [1.807, 2.05) is 19.0 Å². The van der Waals surface area contributed by atoms with Crippen molar-refractivity contribution in [2.45, 2.75) is 47.1 Å². The maximum Gasteiger partial charge on any atom is 0.225 e. The second-order valence-corrected chi connectivity index (χ2v) is 5.94. The lowest BCUT2D eigenvalue weighted by molar-refractivity contribution is 0.473. The van der Waals surface area contributed by atoms with Crippen molar-refractivity contribution in [2.24, 2.45) is 5.92 Å². The standard InChI is InChI=1S/C15H28N4/c1-10(2)16-9-11(3)8-14-12(4)17-15(19(6)7)18-13(14)5/h10-11,16H,8-9H2,1-7H3. The van der Waals surface area contributed by atoms with Gasteiger partial charge in [-0.15, -0.1) is 0 Å². The molecular weight excluding hydrogens is 236 g/mol. The molecule has 0 radical (unpaired) electrons. The molecule has 1 unspecified atom stereocenters. The van der Waals surface area contributed by atoms with Gasteiger partial charge in [-0.25, -0.2) is 9.97 Å². The Kier molecular flexibility index (Phi) is 5.73. The van der Waals surface area contributed by atoms with Gasteiger partial charge in [0.25, 0.3) is 0 Å². The average Bonchev–Trinajstić information content (AvgIpc) is 2.30. The minimum atomic E-state index is 0.539. The summed E-state index contributed by atoms with van der Waals surface area (Å²) < 4.78 is 0. The van der Waals surface area contributed by atoms with E-state index in [4.69, 9.17) is 0 Å². The highest BCUT2D eigenvalue weighted by atomic mass is 15.2. The van der Waals surface area contributed by atoms with E-state index < -0.39 is 0 Å². The highest BCUT2D eigenvalue weighted by Crippen LogP contribution is 2.17. The van der Waals surface area contributed by atoms with Crippen molar-refractivity contribution in [3.63, 3.8) is 0 Å². The van der Waals surface area contributed by atoms with Gasteiger partial charge in [0.1, 0.15) is 0 Å². The Hall–Kier alpha value is -1.16. The van der Waals surface area contributed by atoms with E-state index in [0.717, 1.165) is 30.3 Å². The Morgan fingerprint density at radius 2 is 1.58 bits per heavy atom. The van der Waals surface area contributed by atoms with Crippen LogP contribution in [0, 0.1) is 19.8 Å². The van der Waals surface area contributed by atoms with Crippen molar-refractivity contribution in [3.8, 4) is 0 Å². The number of aryl methyl sites for hydroxylation is 2. The summed E-state index contributed by atoms with van der Waals surface area (Å²) in [6.45, 7) is 11.8. The molecular formula is C15H28N4. The van der Waals surface area contributed by atoms with E-state index in [1.165, 1.54) is 5.56 Å². The SMILES string of the molecule is Cc1nc(N(C)C)nc(C)c1CC(C)CNC(C)C. The maximum absolute atomic E-state index is 4.58. The molecule has 0 aliphatic rings. The summed E-state index contributed by atoms with van der Waals surface area (Å²) in [6, 6.07) is 0.539. The highest BCUT2D eigenvalue weighted by molar-refractivity contribution is 5.35. The van der Waals surface area contributed by atoms with Crippen LogP contribution in [0.4, 0.5) is 5.95 Å². The molecule has 4 heteroatoms. The van der Waals surface area contributed by atoms with Crippen LogP contribution in [-0.4, -0.2) is 36.6 Å². The van der Waals surface area contributed by atoms with Gasteiger partial charge in [-0.05, 0) is 38.3 Å². The van der Waals surface area contributed by atoms with Crippen molar-refractivity contribution in [3.05, 3.63) is 17.0 Å². The van der Waals surface area contributed by atoms with Gasteiger partial charge < -0.3 is 10.2 Å². The van der Waals surface area contributed by atoms with Crippen molar-refractivity contribution >= 4 is 5.95 Å². The third kappa shape index (κ3) is 4.78. The molecule has 1 rings (SSSR count). The van der Waals surface area contributed by atoms with Gasteiger partial charge in [-0.1, -0.05) is 20.8 Å². The number of hydrogen-bond donors (Lipinski definition) is 1. The minimum Gasteiger partial charge on any atom is -0.347 e. The summed E-state index contributed by atoms with van der Waals surface area (Å²) >= 11 is 0. The molecule has 1 heterocycles. The Morgan fingerprint density at radius 3 is 2.00 bits per heavy atom. The first kappa shape index (κ1) is 15.9. The van der Waals surface area contributed by atoms with E-state index in [0.29, 0.717) is 12.0 Å². The predicted molar refractivity (Wildman–Crippen MR) is 81.8 cm³/mol. The monoisotopic (exact) mass is 264 g/mol. The number of aromatic nitrogens is 2. The summed E-state index contributed by atoms with van der Waals surface area (Å²) in [5, 5.41) is 3.48. The van der Waals surface area contributed by atoms with Gasteiger partial charge in [-0.3, -0.25) is 0 Å².